The van der Waals surface area contributed by atoms with E-state index in [0.29, 0.717) is 49.8 Å². The number of hydrogen-bond donors (Lipinski definition) is 1. The summed E-state index contributed by atoms with van der Waals surface area (Å²) in [5.41, 5.74) is 7.04. The highest BCUT2D eigenvalue weighted by molar-refractivity contribution is 5.91. The van der Waals surface area contributed by atoms with Crippen LogP contribution in [-0.2, 0) is 14.2 Å². The van der Waals surface area contributed by atoms with Gasteiger partial charge in [-0.05, 0) is 13.0 Å². The minimum Gasteiger partial charge on any atom is -0.462 e. The maximum atomic E-state index is 11.8. The van der Waals surface area contributed by atoms with Crippen LogP contribution in [0.3, 0.4) is 0 Å². The summed E-state index contributed by atoms with van der Waals surface area (Å²) in [6.07, 6.45) is 2.15. The summed E-state index contributed by atoms with van der Waals surface area (Å²) in [7, 11) is 1.62. The van der Waals surface area contributed by atoms with Crippen LogP contribution in [-0.4, -0.2) is 44.5 Å². The number of aryl methyl sites for hydroxylation is 1. The Morgan fingerprint density at radius 2 is 2.11 bits per heavy atom. The summed E-state index contributed by atoms with van der Waals surface area (Å²) in [5.74, 6) is -0.408. The molecule has 1 rings (SSSR count). The highest BCUT2D eigenvalue weighted by atomic mass is 16.5. The number of ether oxygens (including phenoxy) is 3. The second-order valence-corrected chi connectivity index (χ2v) is 4.00. The summed E-state index contributed by atoms with van der Waals surface area (Å²) in [6, 6.07) is 1.57. The van der Waals surface area contributed by atoms with Crippen molar-refractivity contribution in [3.8, 4) is 0 Å². The molecule has 0 saturated carbocycles. The normalized spacial score (nSPS) is 10.4. The molecule has 2 N–H and O–H groups in total. The van der Waals surface area contributed by atoms with Crippen molar-refractivity contribution in [2.24, 2.45) is 0 Å². The van der Waals surface area contributed by atoms with Crippen LogP contribution in [0.4, 0.5) is 5.69 Å². The topological polar surface area (TPSA) is 83.7 Å². The number of aromatic nitrogens is 1. The molecule has 6 nitrogen and oxygen atoms in total. The van der Waals surface area contributed by atoms with Gasteiger partial charge in [-0.1, -0.05) is 0 Å². The molecule has 6 heteroatoms. The first-order valence-electron chi connectivity index (χ1n) is 6.11. The van der Waals surface area contributed by atoms with Gasteiger partial charge in [-0.3, -0.25) is 4.98 Å². The molecule has 19 heavy (non-hydrogen) atoms. The van der Waals surface area contributed by atoms with Crippen LogP contribution in [0, 0.1) is 6.92 Å². The van der Waals surface area contributed by atoms with Crippen molar-refractivity contribution in [3.63, 3.8) is 0 Å². The van der Waals surface area contributed by atoms with Crippen molar-refractivity contribution < 1.29 is 19.0 Å². The monoisotopic (exact) mass is 268 g/mol. The van der Waals surface area contributed by atoms with E-state index in [9.17, 15) is 4.79 Å². The van der Waals surface area contributed by atoms with Crippen molar-refractivity contribution in [2.75, 3.05) is 39.3 Å². The second kappa shape index (κ2) is 8.44. The predicted molar refractivity (Wildman–Crippen MR) is 71.0 cm³/mol. The first-order valence-corrected chi connectivity index (χ1v) is 6.11. The number of esters is 1. The van der Waals surface area contributed by atoms with Crippen LogP contribution in [0.5, 0.6) is 0 Å². The summed E-state index contributed by atoms with van der Waals surface area (Å²) in [4.78, 5) is 15.8. The Balaban J connectivity index is 2.26. The Labute approximate surface area is 112 Å². The van der Waals surface area contributed by atoms with Gasteiger partial charge in [-0.25, -0.2) is 4.79 Å². The zero-order valence-corrected chi connectivity index (χ0v) is 11.3. The van der Waals surface area contributed by atoms with Gasteiger partial charge in [-0.15, -0.1) is 0 Å². The number of anilines is 1. The lowest BCUT2D eigenvalue weighted by Crippen LogP contribution is -2.11. The van der Waals surface area contributed by atoms with E-state index >= 15 is 0 Å². The van der Waals surface area contributed by atoms with E-state index in [-0.39, 0.29) is 0 Å². The molecule has 0 aliphatic carbocycles. The average Bonchev–Trinajstić information content (AvgIpc) is 2.40. The quantitative estimate of drug-likeness (QED) is 0.563. The van der Waals surface area contributed by atoms with Crippen molar-refractivity contribution in [1.29, 1.82) is 0 Å². The lowest BCUT2D eigenvalue weighted by atomic mass is 10.2. The molecule has 0 fully saturated rings. The molecule has 0 atom stereocenters. The minimum absolute atomic E-state index is 0.306. The third-order valence-electron chi connectivity index (χ3n) is 2.43. The predicted octanol–water partition coefficient (Wildman–Crippen LogP) is 1.18. The number of carbonyl (C=O) groups excluding carboxylic acids is 1. The van der Waals surface area contributed by atoms with Gasteiger partial charge in [0.25, 0.3) is 0 Å². The number of hydrogen-bond acceptors (Lipinski definition) is 6. The van der Waals surface area contributed by atoms with Crippen LogP contribution in [0.2, 0.25) is 0 Å². The Morgan fingerprint density at radius 3 is 2.84 bits per heavy atom. The number of nitrogen functional groups attached to an aromatic ring is 1. The lowest BCUT2D eigenvalue weighted by molar-refractivity contribution is 0.0384. The third kappa shape index (κ3) is 5.67. The number of nitrogens with two attached hydrogens (primary N) is 1. The molecule has 0 aliphatic rings. The van der Waals surface area contributed by atoms with Gasteiger partial charge in [0.2, 0.25) is 0 Å². The first-order chi connectivity index (χ1) is 9.15. The summed E-state index contributed by atoms with van der Waals surface area (Å²) < 4.78 is 15.2. The number of pyridine rings is 1. The standard InChI is InChI=1S/C13H20N2O4/c1-10-12(8-11(14)9-15-10)13(16)19-5-3-4-18-7-6-17-2/h8-9H,3-7,14H2,1-2H3. The lowest BCUT2D eigenvalue weighted by Gasteiger charge is -2.07. The van der Waals surface area contributed by atoms with Crippen molar-refractivity contribution in [2.45, 2.75) is 13.3 Å². The molecule has 1 heterocycles. The summed E-state index contributed by atoms with van der Waals surface area (Å²) in [6.45, 7) is 3.69. The van der Waals surface area contributed by atoms with E-state index in [2.05, 4.69) is 4.98 Å². The SMILES string of the molecule is COCCOCCCOC(=O)c1cc(N)cnc1C. The largest absolute Gasteiger partial charge is 0.462 e. The molecule has 0 bridgehead atoms. The van der Waals surface area contributed by atoms with Crippen LogP contribution < -0.4 is 5.73 Å². The minimum atomic E-state index is -0.408. The highest BCUT2D eigenvalue weighted by Gasteiger charge is 2.11. The van der Waals surface area contributed by atoms with Gasteiger partial charge in [0.1, 0.15) is 0 Å². The molecular weight excluding hydrogens is 248 g/mol. The Hall–Kier alpha value is -1.66. The molecule has 1 aromatic heterocycles. The molecule has 0 aliphatic heterocycles. The van der Waals surface area contributed by atoms with Gasteiger partial charge >= 0.3 is 5.97 Å². The van der Waals surface area contributed by atoms with E-state index in [0.717, 1.165) is 0 Å². The van der Waals surface area contributed by atoms with Gasteiger partial charge in [0.15, 0.2) is 0 Å². The smallest absolute Gasteiger partial charge is 0.340 e. The molecular formula is C13H20N2O4. The van der Waals surface area contributed by atoms with Gasteiger partial charge in [0.05, 0.1) is 43.0 Å². The van der Waals surface area contributed by atoms with Crippen LogP contribution >= 0.6 is 0 Å². The van der Waals surface area contributed by atoms with Crippen LogP contribution in [0.15, 0.2) is 12.3 Å². The fourth-order valence-electron chi connectivity index (χ4n) is 1.40. The molecule has 0 amide bonds. The highest BCUT2D eigenvalue weighted by Crippen LogP contribution is 2.10. The van der Waals surface area contributed by atoms with E-state index in [4.69, 9.17) is 19.9 Å². The van der Waals surface area contributed by atoms with Gasteiger partial charge in [0, 0.05) is 20.1 Å². The summed E-state index contributed by atoms with van der Waals surface area (Å²) >= 11 is 0. The van der Waals surface area contributed by atoms with Gasteiger partial charge in [-0.2, -0.15) is 0 Å². The van der Waals surface area contributed by atoms with E-state index in [1.165, 1.54) is 6.20 Å². The molecule has 0 aromatic carbocycles. The zero-order valence-electron chi connectivity index (χ0n) is 11.3. The van der Waals surface area contributed by atoms with Crippen LogP contribution in [0.1, 0.15) is 22.5 Å². The maximum absolute atomic E-state index is 11.8. The molecule has 0 unspecified atom stereocenters. The Bertz CT molecular complexity index is 410. The molecule has 0 spiro atoms. The fraction of sp³-hybridized carbons (Fsp3) is 0.538. The zero-order chi connectivity index (χ0) is 14.1. The van der Waals surface area contributed by atoms with Crippen LogP contribution in [0.25, 0.3) is 0 Å². The molecule has 1 aromatic rings. The fourth-order valence-corrected chi connectivity index (χ4v) is 1.40. The number of rotatable bonds is 8. The van der Waals surface area contributed by atoms with E-state index in [1.54, 1.807) is 20.1 Å². The molecule has 0 radical (unpaired) electrons. The molecule has 106 valence electrons. The van der Waals surface area contributed by atoms with E-state index in [1.807, 2.05) is 0 Å². The maximum Gasteiger partial charge on any atom is 0.340 e. The Kier molecular flexibility index (Phi) is 6.84. The van der Waals surface area contributed by atoms with Gasteiger partial charge < -0.3 is 19.9 Å². The number of carbonyl (C=O) groups is 1. The molecule has 0 saturated heterocycles. The third-order valence-corrected chi connectivity index (χ3v) is 2.43. The summed E-state index contributed by atoms with van der Waals surface area (Å²) in [5, 5.41) is 0. The number of methoxy groups -OCH3 is 1. The van der Waals surface area contributed by atoms with Crippen molar-refractivity contribution in [3.05, 3.63) is 23.5 Å². The second-order valence-electron chi connectivity index (χ2n) is 4.00. The Morgan fingerprint density at radius 1 is 1.32 bits per heavy atom. The van der Waals surface area contributed by atoms with Crippen molar-refractivity contribution >= 4 is 11.7 Å². The average molecular weight is 268 g/mol. The van der Waals surface area contributed by atoms with E-state index < -0.39 is 5.97 Å². The first kappa shape index (κ1) is 15.4. The number of nitrogens with zero attached hydrogens (tertiary/aromatic N) is 1. The van der Waals surface area contributed by atoms with Crippen molar-refractivity contribution in [1.82, 2.24) is 4.98 Å².